The molecule has 0 radical (unpaired) electrons. The Labute approximate surface area is 163 Å². The smallest absolute Gasteiger partial charge is 0.267 e. The van der Waals surface area contributed by atoms with Gasteiger partial charge in [-0.15, -0.1) is 0 Å². The number of nitrogens with zero attached hydrogens (tertiary/aromatic N) is 4. The molecule has 1 saturated heterocycles. The Morgan fingerprint density at radius 3 is 2.82 bits per heavy atom. The van der Waals surface area contributed by atoms with E-state index in [0.717, 1.165) is 43.0 Å². The zero-order valence-corrected chi connectivity index (χ0v) is 16.0. The van der Waals surface area contributed by atoms with Crippen molar-refractivity contribution in [2.24, 2.45) is 0 Å². The van der Waals surface area contributed by atoms with Crippen LogP contribution in [0.2, 0.25) is 0 Å². The second-order valence-corrected chi connectivity index (χ2v) is 7.33. The molecule has 28 heavy (non-hydrogen) atoms. The topological polar surface area (TPSA) is 89.3 Å². The number of nitrogens with one attached hydrogen (secondary N) is 1. The van der Waals surface area contributed by atoms with E-state index in [2.05, 4.69) is 20.3 Å². The van der Waals surface area contributed by atoms with E-state index in [4.69, 9.17) is 4.74 Å². The van der Waals surface area contributed by atoms with Crippen molar-refractivity contribution in [1.29, 1.82) is 0 Å². The van der Waals surface area contributed by atoms with Crippen LogP contribution in [0.3, 0.4) is 0 Å². The van der Waals surface area contributed by atoms with Crippen molar-refractivity contribution < 1.29 is 9.53 Å². The van der Waals surface area contributed by atoms with Gasteiger partial charge in [-0.1, -0.05) is 0 Å². The highest BCUT2D eigenvalue weighted by Gasteiger charge is 2.27. The fourth-order valence-corrected chi connectivity index (χ4v) is 3.30. The number of carbonyl (C=O) groups is 1. The van der Waals surface area contributed by atoms with E-state index in [9.17, 15) is 9.59 Å². The number of hydrogen-bond acceptors (Lipinski definition) is 6. The Morgan fingerprint density at radius 2 is 2.07 bits per heavy atom. The summed E-state index contributed by atoms with van der Waals surface area (Å²) in [5.74, 6) is 1.09. The summed E-state index contributed by atoms with van der Waals surface area (Å²) in [5.41, 5.74) is 1.60. The minimum atomic E-state index is -0.660. The lowest BCUT2D eigenvalue weighted by atomic mass is 10.2. The molecule has 0 bridgehead atoms. The first-order valence-electron chi connectivity index (χ1n) is 9.77. The second kappa shape index (κ2) is 8.10. The van der Waals surface area contributed by atoms with Crippen molar-refractivity contribution in [2.75, 3.05) is 31.2 Å². The third-order valence-corrected chi connectivity index (χ3v) is 5.20. The maximum atomic E-state index is 12.6. The maximum Gasteiger partial charge on any atom is 0.267 e. The molecule has 148 valence electrons. The van der Waals surface area contributed by atoms with Gasteiger partial charge >= 0.3 is 0 Å². The van der Waals surface area contributed by atoms with Crippen LogP contribution >= 0.6 is 0 Å². The van der Waals surface area contributed by atoms with Gasteiger partial charge in [0, 0.05) is 37.8 Å². The average Bonchev–Trinajstić information content (AvgIpc) is 3.58. The summed E-state index contributed by atoms with van der Waals surface area (Å²) < 4.78 is 6.66. The number of carbonyl (C=O) groups excluding carboxylic acids is 1. The second-order valence-electron chi connectivity index (χ2n) is 7.33. The predicted molar refractivity (Wildman–Crippen MR) is 104 cm³/mol. The van der Waals surface area contributed by atoms with Crippen LogP contribution in [0.15, 0.2) is 35.3 Å². The van der Waals surface area contributed by atoms with Crippen molar-refractivity contribution in [3.63, 3.8) is 0 Å². The quantitative estimate of drug-likeness (QED) is 0.807. The summed E-state index contributed by atoms with van der Waals surface area (Å²) in [6, 6.07) is 6.47. The molecule has 2 fully saturated rings. The molecule has 1 aliphatic carbocycles. The molecule has 2 aromatic rings. The molecule has 1 aliphatic heterocycles. The lowest BCUT2D eigenvalue weighted by Crippen LogP contribution is -2.37. The van der Waals surface area contributed by atoms with Gasteiger partial charge in [0.25, 0.3) is 5.56 Å². The van der Waals surface area contributed by atoms with Crippen LogP contribution in [0.1, 0.15) is 43.0 Å². The number of amides is 1. The molecule has 1 atom stereocenters. The lowest BCUT2D eigenvalue weighted by Gasteiger charge is -2.28. The summed E-state index contributed by atoms with van der Waals surface area (Å²) in [6.45, 7) is 5.09. The lowest BCUT2D eigenvalue weighted by molar-refractivity contribution is -0.124. The van der Waals surface area contributed by atoms with Crippen molar-refractivity contribution in [3.8, 4) is 0 Å². The number of anilines is 1. The van der Waals surface area contributed by atoms with Gasteiger partial charge in [0.05, 0.1) is 18.9 Å². The van der Waals surface area contributed by atoms with E-state index < -0.39 is 6.04 Å². The van der Waals surface area contributed by atoms with Gasteiger partial charge in [0.2, 0.25) is 5.91 Å². The number of rotatable bonds is 6. The Morgan fingerprint density at radius 1 is 1.29 bits per heavy atom. The van der Waals surface area contributed by atoms with Gasteiger partial charge in [-0.3, -0.25) is 9.59 Å². The van der Waals surface area contributed by atoms with Gasteiger partial charge in [-0.05, 0) is 43.5 Å². The normalized spacial score (nSPS) is 18.0. The Hall–Kier alpha value is -2.74. The van der Waals surface area contributed by atoms with E-state index in [0.29, 0.717) is 25.7 Å². The van der Waals surface area contributed by atoms with Crippen LogP contribution < -0.4 is 15.8 Å². The molecule has 0 spiro atoms. The fourth-order valence-electron chi connectivity index (χ4n) is 3.30. The third-order valence-electron chi connectivity index (χ3n) is 5.20. The van der Waals surface area contributed by atoms with Crippen LogP contribution in [0.5, 0.6) is 0 Å². The highest BCUT2D eigenvalue weighted by atomic mass is 16.5. The molecular weight excluding hydrogens is 358 g/mol. The predicted octanol–water partition coefficient (Wildman–Crippen LogP) is 1.23. The van der Waals surface area contributed by atoms with E-state index in [1.807, 2.05) is 12.1 Å². The molecule has 1 amide bonds. The van der Waals surface area contributed by atoms with Crippen molar-refractivity contribution in [3.05, 3.63) is 52.1 Å². The molecule has 1 N–H and O–H groups in total. The molecule has 8 heteroatoms. The maximum absolute atomic E-state index is 12.6. The Balaban J connectivity index is 1.40. The number of aromatic nitrogens is 3. The molecule has 4 rings (SSSR count). The summed E-state index contributed by atoms with van der Waals surface area (Å²) in [5, 5.41) is 7.31. The first kappa shape index (κ1) is 18.6. The Kier molecular flexibility index (Phi) is 5.38. The van der Waals surface area contributed by atoms with Crippen molar-refractivity contribution in [2.45, 2.75) is 38.3 Å². The van der Waals surface area contributed by atoms with Crippen LogP contribution in [-0.4, -0.2) is 47.0 Å². The van der Waals surface area contributed by atoms with Crippen LogP contribution in [0.25, 0.3) is 0 Å². The summed E-state index contributed by atoms with van der Waals surface area (Å²) in [4.78, 5) is 31.3. The monoisotopic (exact) mass is 383 g/mol. The molecule has 0 aromatic carbocycles. The summed E-state index contributed by atoms with van der Waals surface area (Å²) >= 11 is 0. The summed E-state index contributed by atoms with van der Waals surface area (Å²) in [7, 11) is 0. The number of ether oxygens (including phenoxy) is 1. The number of morpholine rings is 1. The standard InChI is InChI=1S/C20H25N5O3/c1-14(25-19(26)5-4-17(23-25)16-2-3-16)20(27)22-13-15-6-7-21-18(12-15)24-8-10-28-11-9-24/h4-7,12,14,16H,2-3,8-11,13H2,1H3,(H,22,27). The molecule has 2 aliphatic rings. The number of pyridine rings is 1. The molecular formula is C20H25N5O3. The van der Waals surface area contributed by atoms with Gasteiger partial charge < -0.3 is 15.0 Å². The van der Waals surface area contributed by atoms with Gasteiger partial charge in [-0.25, -0.2) is 9.67 Å². The van der Waals surface area contributed by atoms with Gasteiger partial charge in [0.15, 0.2) is 0 Å². The minimum absolute atomic E-state index is 0.229. The number of hydrogen-bond donors (Lipinski definition) is 1. The fraction of sp³-hybridized carbons (Fsp3) is 0.500. The van der Waals surface area contributed by atoms with Gasteiger partial charge in [0.1, 0.15) is 11.9 Å². The van der Waals surface area contributed by atoms with Crippen molar-refractivity contribution >= 4 is 11.7 Å². The van der Waals surface area contributed by atoms with E-state index in [1.54, 1.807) is 19.2 Å². The van der Waals surface area contributed by atoms with Crippen LogP contribution in [0, 0.1) is 0 Å². The molecule has 1 unspecified atom stereocenters. The Bertz CT molecular complexity index is 903. The third kappa shape index (κ3) is 4.22. The first-order valence-corrected chi connectivity index (χ1v) is 9.77. The van der Waals surface area contributed by atoms with E-state index >= 15 is 0 Å². The highest BCUT2D eigenvalue weighted by Crippen LogP contribution is 2.38. The molecule has 2 aromatic heterocycles. The van der Waals surface area contributed by atoms with Crippen LogP contribution in [-0.2, 0) is 16.1 Å². The largest absolute Gasteiger partial charge is 0.378 e. The van der Waals surface area contributed by atoms with E-state index in [1.165, 1.54) is 10.7 Å². The zero-order chi connectivity index (χ0) is 19.5. The average molecular weight is 383 g/mol. The first-order chi connectivity index (χ1) is 13.6. The van der Waals surface area contributed by atoms with Crippen LogP contribution in [0.4, 0.5) is 5.82 Å². The zero-order valence-electron chi connectivity index (χ0n) is 16.0. The van der Waals surface area contributed by atoms with Gasteiger partial charge in [-0.2, -0.15) is 5.10 Å². The minimum Gasteiger partial charge on any atom is -0.378 e. The SMILES string of the molecule is CC(C(=O)NCc1ccnc(N2CCOCC2)c1)n1nc(C2CC2)ccc1=O. The summed E-state index contributed by atoms with van der Waals surface area (Å²) in [6.07, 6.45) is 3.94. The molecule has 8 nitrogen and oxygen atoms in total. The molecule has 3 heterocycles. The highest BCUT2D eigenvalue weighted by molar-refractivity contribution is 5.79. The molecule has 1 saturated carbocycles. The van der Waals surface area contributed by atoms with Crippen molar-refractivity contribution in [1.82, 2.24) is 20.1 Å². The van der Waals surface area contributed by atoms with E-state index in [-0.39, 0.29) is 11.5 Å².